The van der Waals surface area contributed by atoms with Crippen LogP contribution in [-0.4, -0.2) is 13.2 Å². The van der Waals surface area contributed by atoms with Crippen LogP contribution in [0, 0.1) is 5.82 Å². The Bertz CT molecular complexity index is 737. The summed E-state index contributed by atoms with van der Waals surface area (Å²) in [6, 6.07) is 8.43. The normalized spacial score (nSPS) is 10.9. The lowest BCUT2D eigenvalue weighted by atomic mass is 10.1. The van der Waals surface area contributed by atoms with Gasteiger partial charge in [0.15, 0.2) is 11.5 Å². The first-order chi connectivity index (χ1) is 13.6. The topological polar surface area (TPSA) is 30.5 Å². The molecule has 0 aliphatic heterocycles. The molecule has 2 aromatic rings. The van der Waals surface area contributed by atoms with Crippen LogP contribution in [0.4, 0.5) is 4.39 Å². The van der Waals surface area contributed by atoms with Crippen molar-refractivity contribution >= 4 is 27.5 Å². The number of nitrogens with one attached hydrogen (secondary N) is 1. The van der Waals surface area contributed by atoms with Gasteiger partial charge in [-0.05, 0) is 49.7 Å². The second kappa shape index (κ2) is 12.3. The molecule has 28 heavy (non-hydrogen) atoms. The lowest BCUT2D eigenvalue weighted by Gasteiger charge is -2.16. The third-order valence-corrected chi connectivity index (χ3v) is 5.46. The minimum absolute atomic E-state index is 0.0348. The van der Waals surface area contributed by atoms with Crippen molar-refractivity contribution < 1.29 is 13.9 Å². The zero-order valence-corrected chi connectivity index (χ0v) is 18.8. The van der Waals surface area contributed by atoms with Crippen LogP contribution in [-0.2, 0) is 13.2 Å². The summed E-state index contributed by atoms with van der Waals surface area (Å²) in [5.41, 5.74) is 1.43. The molecular formula is C22H28BrClFNO2. The summed E-state index contributed by atoms with van der Waals surface area (Å²) in [6.07, 6.45) is 4.94. The summed E-state index contributed by atoms with van der Waals surface area (Å²) in [7, 11) is 0. The second-order valence-electron chi connectivity index (χ2n) is 6.55. The molecular weight excluding hydrogens is 445 g/mol. The van der Waals surface area contributed by atoms with E-state index in [9.17, 15) is 4.39 Å². The van der Waals surface area contributed by atoms with E-state index in [0.29, 0.717) is 28.7 Å². The summed E-state index contributed by atoms with van der Waals surface area (Å²) in [6.45, 7) is 6.41. The predicted molar refractivity (Wildman–Crippen MR) is 117 cm³/mol. The van der Waals surface area contributed by atoms with Crippen LogP contribution < -0.4 is 14.8 Å². The van der Waals surface area contributed by atoms with Crippen molar-refractivity contribution in [1.29, 1.82) is 0 Å². The number of hydrogen-bond acceptors (Lipinski definition) is 3. The van der Waals surface area contributed by atoms with E-state index in [2.05, 4.69) is 28.2 Å². The molecule has 154 valence electrons. The van der Waals surface area contributed by atoms with Gasteiger partial charge in [-0.25, -0.2) is 4.39 Å². The Balaban J connectivity index is 2.05. The van der Waals surface area contributed by atoms with Crippen molar-refractivity contribution in [3.63, 3.8) is 0 Å². The minimum atomic E-state index is -0.381. The molecule has 1 N–H and O–H groups in total. The number of halogens is 3. The summed E-state index contributed by atoms with van der Waals surface area (Å²) in [4.78, 5) is 0. The molecule has 0 fully saturated rings. The zero-order chi connectivity index (χ0) is 20.4. The fraction of sp³-hybridized carbons (Fsp3) is 0.455. The largest absolute Gasteiger partial charge is 0.490 e. The lowest BCUT2D eigenvalue weighted by molar-refractivity contribution is 0.265. The molecule has 0 heterocycles. The van der Waals surface area contributed by atoms with Crippen molar-refractivity contribution in [1.82, 2.24) is 5.32 Å². The predicted octanol–water partition coefficient (Wildman–Crippen LogP) is 6.89. The number of hydrogen-bond donors (Lipinski definition) is 1. The molecule has 3 nitrogen and oxygen atoms in total. The van der Waals surface area contributed by atoms with Crippen LogP contribution >= 0.6 is 27.5 Å². The Morgan fingerprint density at radius 1 is 1.07 bits per heavy atom. The average Bonchev–Trinajstić information content (AvgIpc) is 2.67. The number of benzene rings is 2. The first-order valence-corrected chi connectivity index (χ1v) is 11.0. The molecule has 0 aliphatic rings. The van der Waals surface area contributed by atoms with Crippen LogP contribution in [0.1, 0.15) is 50.7 Å². The average molecular weight is 473 g/mol. The maximum absolute atomic E-state index is 14.0. The standard InChI is InChI=1S/C22H28BrClFNO2/c1-3-5-6-7-11-26-14-16-12-21(27-4-2)22(13-18(16)23)28-15-17-19(24)9-8-10-20(17)25/h8-10,12-13,26H,3-7,11,14-15H2,1-2H3. The Morgan fingerprint density at radius 2 is 1.86 bits per heavy atom. The van der Waals surface area contributed by atoms with Crippen molar-refractivity contribution in [2.24, 2.45) is 0 Å². The van der Waals surface area contributed by atoms with E-state index in [4.69, 9.17) is 21.1 Å². The number of ether oxygens (including phenoxy) is 2. The van der Waals surface area contributed by atoms with Gasteiger partial charge in [-0.1, -0.05) is 59.8 Å². The van der Waals surface area contributed by atoms with Crippen molar-refractivity contribution in [2.75, 3.05) is 13.2 Å². The lowest BCUT2D eigenvalue weighted by Crippen LogP contribution is -2.15. The monoisotopic (exact) mass is 471 g/mol. The Kier molecular flexibility index (Phi) is 10.1. The highest BCUT2D eigenvalue weighted by Crippen LogP contribution is 2.35. The van der Waals surface area contributed by atoms with Crippen molar-refractivity contribution in [3.8, 4) is 11.5 Å². The molecule has 0 atom stereocenters. The Hall–Kier alpha value is -1.30. The molecule has 0 bridgehead atoms. The first-order valence-electron chi connectivity index (χ1n) is 9.78. The summed E-state index contributed by atoms with van der Waals surface area (Å²) in [5, 5.41) is 3.82. The van der Waals surface area contributed by atoms with E-state index in [1.54, 1.807) is 12.1 Å². The van der Waals surface area contributed by atoms with Gasteiger partial charge in [0.2, 0.25) is 0 Å². The highest BCUT2D eigenvalue weighted by Gasteiger charge is 2.13. The number of rotatable bonds is 12. The van der Waals surface area contributed by atoms with Gasteiger partial charge in [-0.3, -0.25) is 0 Å². The van der Waals surface area contributed by atoms with Gasteiger partial charge in [0.05, 0.1) is 11.6 Å². The maximum Gasteiger partial charge on any atom is 0.162 e. The van der Waals surface area contributed by atoms with Gasteiger partial charge in [0.1, 0.15) is 12.4 Å². The summed E-state index contributed by atoms with van der Waals surface area (Å²) >= 11 is 9.69. The van der Waals surface area contributed by atoms with Gasteiger partial charge >= 0.3 is 0 Å². The fourth-order valence-corrected chi connectivity index (χ4v) is 3.49. The molecule has 0 amide bonds. The summed E-state index contributed by atoms with van der Waals surface area (Å²) < 4.78 is 26.5. The molecule has 0 unspecified atom stereocenters. The quantitative estimate of drug-likeness (QED) is 0.341. The van der Waals surface area contributed by atoms with Gasteiger partial charge in [-0.2, -0.15) is 0 Å². The van der Waals surface area contributed by atoms with Gasteiger partial charge < -0.3 is 14.8 Å². The second-order valence-corrected chi connectivity index (χ2v) is 7.81. The van der Waals surface area contributed by atoms with Gasteiger partial charge in [0, 0.05) is 16.6 Å². The van der Waals surface area contributed by atoms with Crippen LogP contribution in [0.25, 0.3) is 0 Å². The van der Waals surface area contributed by atoms with Gasteiger partial charge in [-0.15, -0.1) is 0 Å². The van der Waals surface area contributed by atoms with Crippen LogP contribution in [0.5, 0.6) is 11.5 Å². The molecule has 0 aliphatic carbocycles. The minimum Gasteiger partial charge on any atom is -0.490 e. The Morgan fingerprint density at radius 3 is 2.57 bits per heavy atom. The molecule has 0 radical (unpaired) electrons. The van der Waals surface area contributed by atoms with Crippen LogP contribution in [0.3, 0.4) is 0 Å². The zero-order valence-electron chi connectivity index (χ0n) is 16.5. The highest BCUT2D eigenvalue weighted by molar-refractivity contribution is 9.10. The molecule has 0 spiro atoms. The molecule has 2 aromatic carbocycles. The maximum atomic E-state index is 14.0. The highest BCUT2D eigenvalue weighted by atomic mass is 79.9. The van der Waals surface area contributed by atoms with E-state index in [0.717, 1.165) is 23.1 Å². The van der Waals surface area contributed by atoms with E-state index < -0.39 is 0 Å². The van der Waals surface area contributed by atoms with E-state index in [1.807, 2.05) is 19.1 Å². The van der Waals surface area contributed by atoms with Crippen molar-refractivity contribution in [3.05, 3.63) is 56.8 Å². The molecule has 0 aromatic heterocycles. The fourth-order valence-electron chi connectivity index (χ4n) is 2.81. The molecule has 0 saturated carbocycles. The van der Waals surface area contributed by atoms with Gasteiger partial charge in [0.25, 0.3) is 0 Å². The van der Waals surface area contributed by atoms with E-state index >= 15 is 0 Å². The molecule has 0 saturated heterocycles. The van der Waals surface area contributed by atoms with E-state index in [1.165, 1.54) is 31.7 Å². The molecule has 6 heteroatoms. The first kappa shape index (κ1) is 23.0. The van der Waals surface area contributed by atoms with E-state index in [-0.39, 0.29) is 12.4 Å². The molecule has 2 rings (SSSR count). The van der Waals surface area contributed by atoms with Crippen molar-refractivity contribution in [2.45, 2.75) is 52.7 Å². The van der Waals surface area contributed by atoms with Crippen LogP contribution in [0.15, 0.2) is 34.8 Å². The smallest absolute Gasteiger partial charge is 0.162 e. The van der Waals surface area contributed by atoms with Crippen LogP contribution in [0.2, 0.25) is 5.02 Å². The third-order valence-electron chi connectivity index (χ3n) is 4.37. The SMILES string of the molecule is CCCCCCNCc1cc(OCC)c(OCc2c(F)cccc2Cl)cc1Br. The summed E-state index contributed by atoms with van der Waals surface area (Å²) in [5.74, 6) is 0.814. The number of unbranched alkanes of at least 4 members (excludes halogenated alkanes) is 3. The Labute approximate surface area is 180 Å². The third kappa shape index (κ3) is 6.94.